The van der Waals surface area contributed by atoms with E-state index in [1.54, 1.807) is 0 Å². The fourth-order valence-electron chi connectivity index (χ4n) is 3.85. The monoisotopic (exact) mass is 430 g/mol. The normalized spacial score (nSPS) is 15.4. The van der Waals surface area contributed by atoms with Crippen molar-refractivity contribution in [2.24, 2.45) is 0 Å². The molecule has 4 rings (SSSR count). The number of carbonyl (C=O) groups excluding carboxylic acids is 2. The van der Waals surface area contributed by atoms with Crippen molar-refractivity contribution in [2.45, 2.75) is 41.2 Å². The van der Waals surface area contributed by atoms with Crippen molar-refractivity contribution in [3.05, 3.63) is 92.6 Å². The van der Waals surface area contributed by atoms with Crippen LogP contribution in [0.1, 0.15) is 39.2 Å². The zero-order chi connectivity index (χ0) is 22.3. The average molecular weight is 431 g/mol. The van der Waals surface area contributed by atoms with Crippen LogP contribution < -0.4 is 0 Å². The number of amides is 2. The van der Waals surface area contributed by atoms with Crippen molar-refractivity contribution < 1.29 is 9.59 Å². The van der Waals surface area contributed by atoms with Gasteiger partial charge in [-0.3, -0.25) is 14.5 Å². The Morgan fingerprint density at radius 2 is 1.58 bits per heavy atom. The molecule has 0 saturated carbocycles. The molecular weight excluding hydrogens is 404 g/mol. The molecule has 0 bridgehead atoms. The van der Waals surface area contributed by atoms with Crippen LogP contribution in [0.3, 0.4) is 0 Å². The topological polar surface area (TPSA) is 42.3 Å². The number of carbonyl (C=O) groups is 2. The third-order valence-electron chi connectivity index (χ3n) is 5.84. The summed E-state index contributed by atoms with van der Waals surface area (Å²) in [6, 6.07) is 16.4. The Balaban J connectivity index is 1.63. The van der Waals surface area contributed by atoms with Gasteiger partial charge in [0.2, 0.25) is 0 Å². The van der Waals surface area contributed by atoms with Gasteiger partial charge in [-0.2, -0.15) is 0 Å². The zero-order valence-corrected chi connectivity index (χ0v) is 19.3. The van der Waals surface area contributed by atoms with E-state index in [1.807, 2.05) is 44.2 Å². The second kappa shape index (κ2) is 8.23. The number of benzene rings is 2. The van der Waals surface area contributed by atoms with Gasteiger partial charge in [0.15, 0.2) is 0 Å². The maximum absolute atomic E-state index is 13.0. The Labute approximate surface area is 187 Å². The summed E-state index contributed by atoms with van der Waals surface area (Å²) in [6.07, 6.45) is 1.85. The standard InChI is InChI=1S/C26H26N2O2S/c1-16-6-9-21(10-7-16)15-27-25(29)24(31-26(27)30)14-22-13-19(4)28(20(22)5)23-11-8-17(2)18(3)12-23/h6-14H,15H2,1-5H3/b24-14-. The van der Waals surface area contributed by atoms with Crippen LogP contribution in [0, 0.1) is 34.6 Å². The van der Waals surface area contributed by atoms with Gasteiger partial charge < -0.3 is 4.57 Å². The summed E-state index contributed by atoms with van der Waals surface area (Å²) in [7, 11) is 0. The van der Waals surface area contributed by atoms with Crippen LogP contribution in [0.2, 0.25) is 0 Å². The molecule has 158 valence electrons. The van der Waals surface area contributed by atoms with Crippen LogP contribution in [0.5, 0.6) is 0 Å². The molecule has 1 fully saturated rings. The first kappa shape index (κ1) is 21.2. The Bertz CT molecular complexity index is 1220. The first-order valence-corrected chi connectivity index (χ1v) is 11.1. The highest BCUT2D eigenvalue weighted by Crippen LogP contribution is 2.34. The number of aryl methyl sites for hydroxylation is 4. The lowest BCUT2D eigenvalue weighted by atomic mass is 10.1. The summed E-state index contributed by atoms with van der Waals surface area (Å²) >= 11 is 1.01. The number of thioether (sulfide) groups is 1. The highest BCUT2D eigenvalue weighted by atomic mass is 32.2. The summed E-state index contributed by atoms with van der Waals surface area (Å²) < 4.78 is 2.19. The lowest BCUT2D eigenvalue weighted by Crippen LogP contribution is -2.27. The molecule has 0 aliphatic carbocycles. The zero-order valence-electron chi connectivity index (χ0n) is 18.5. The van der Waals surface area contributed by atoms with E-state index in [4.69, 9.17) is 0 Å². The van der Waals surface area contributed by atoms with Crippen LogP contribution in [-0.4, -0.2) is 20.6 Å². The quantitative estimate of drug-likeness (QED) is 0.459. The smallest absolute Gasteiger partial charge is 0.293 e. The van der Waals surface area contributed by atoms with E-state index in [2.05, 4.69) is 49.6 Å². The molecule has 2 amide bonds. The van der Waals surface area contributed by atoms with E-state index in [0.717, 1.165) is 45.5 Å². The molecule has 31 heavy (non-hydrogen) atoms. The van der Waals surface area contributed by atoms with Gasteiger partial charge in [0.05, 0.1) is 11.4 Å². The maximum Gasteiger partial charge on any atom is 0.293 e. The summed E-state index contributed by atoms with van der Waals surface area (Å²) in [5.41, 5.74) is 8.79. The maximum atomic E-state index is 13.0. The molecule has 1 aromatic heterocycles. The van der Waals surface area contributed by atoms with E-state index < -0.39 is 0 Å². The molecular formula is C26H26N2O2S. The highest BCUT2D eigenvalue weighted by molar-refractivity contribution is 8.18. The fourth-order valence-corrected chi connectivity index (χ4v) is 4.68. The van der Waals surface area contributed by atoms with Crippen molar-refractivity contribution in [1.82, 2.24) is 9.47 Å². The largest absolute Gasteiger partial charge is 0.318 e. The second-order valence-corrected chi connectivity index (χ2v) is 9.18. The molecule has 1 saturated heterocycles. The molecule has 0 radical (unpaired) electrons. The second-order valence-electron chi connectivity index (χ2n) is 8.18. The number of imide groups is 1. The predicted octanol–water partition coefficient (Wildman–Crippen LogP) is 6.26. The van der Waals surface area contributed by atoms with Crippen LogP contribution in [0.15, 0.2) is 53.4 Å². The van der Waals surface area contributed by atoms with Gasteiger partial charge in [-0.15, -0.1) is 0 Å². The summed E-state index contributed by atoms with van der Waals surface area (Å²) in [4.78, 5) is 27.3. The van der Waals surface area contributed by atoms with Gasteiger partial charge in [-0.25, -0.2) is 0 Å². The average Bonchev–Trinajstić information content (AvgIpc) is 3.15. The van der Waals surface area contributed by atoms with Crippen LogP contribution in [-0.2, 0) is 11.3 Å². The molecule has 0 atom stereocenters. The molecule has 3 aromatic rings. The van der Waals surface area contributed by atoms with E-state index in [-0.39, 0.29) is 11.1 Å². The Kier molecular flexibility index (Phi) is 5.63. The number of rotatable bonds is 4. The lowest BCUT2D eigenvalue weighted by Gasteiger charge is -2.12. The van der Waals surface area contributed by atoms with Crippen LogP contribution in [0.4, 0.5) is 4.79 Å². The number of nitrogens with zero attached hydrogens (tertiary/aromatic N) is 2. The molecule has 0 spiro atoms. The van der Waals surface area contributed by atoms with Crippen molar-refractivity contribution in [1.29, 1.82) is 0 Å². The molecule has 0 N–H and O–H groups in total. The fraction of sp³-hybridized carbons (Fsp3) is 0.231. The van der Waals surface area contributed by atoms with Crippen molar-refractivity contribution >= 4 is 29.0 Å². The van der Waals surface area contributed by atoms with Crippen molar-refractivity contribution in [3.8, 4) is 5.69 Å². The molecule has 1 aliphatic rings. The van der Waals surface area contributed by atoms with Crippen LogP contribution in [0.25, 0.3) is 11.8 Å². The minimum Gasteiger partial charge on any atom is -0.318 e. The van der Waals surface area contributed by atoms with Crippen molar-refractivity contribution in [3.63, 3.8) is 0 Å². The van der Waals surface area contributed by atoms with Gasteiger partial charge in [0, 0.05) is 17.1 Å². The van der Waals surface area contributed by atoms with Gasteiger partial charge in [-0.05, 0) is 92.9 Å². The van der Waals surface area contributed by atoms with Crippen LogP contribution >= 0.6 is 11.8 Å². The number of hydrogen-bond donors (Lipinski definition) is 0. The SMILES string of the molecule is Cc1ccc(CN2C(=O)S/C(=C\c3cc(C)n(-c4ccc(C)c(C)c4)c3C)C2=O)cc1. The van der Waals surface area contributed by atoms with Gasteiger partial charge in [0.1, 0.15) is 0 Å². The first-order chi connectivity index (χ1) is 14.7. The number of hydrogen-bond acceptors (Lipinski definition) is 3. The van der Waals surface area contributed by atoms with Gasteiger partial charge in [0.25, 0.3) is 11.1 Å². The third-order valence-corrected chi connectivity index (χ3v) is 6.75. The van der Waals surface area contributed by atoms with E-state index in [1.165, 1.54) is 16.0 Å². The molecule has 0 unspecified atom stereocenters. The van der Waals surface area contributed by atoms with Crippen molar-refractivity contribution in [2.75, 3.05) is 0 Å². The van der Waals surface area contributed by atoms with E-state index >= 15 is 0 Å². The van der Waals surface area contributed by atoms with Gasteiger partial charge >= 0.3 is 0 Å². The van der Waals surface area contributed by atoms with E-state index in [9.17, 15) is 9.59 Å². The minimum atomic E-state index is -0.230. The Morgan fingerprint density at radius 1 is 0.871 bits per heavy atom. The van der Waals surface area contributed by atoms with E-state index in [0.29, 0.717) is 11.4 Å². The molecule has 4 nitrogen and oxygen atoms in total. The minimum absolute atomic E-state index is 0.222. The molecule has 5 heteroatoms. The Hall–Kier alpha value is -3.05. The lowest BCUT2D eigenvalue weighted by molar-refractivity contribution is -0.123. The summed E-state index contributed by atoms with van der Waals surface area (Å²) in [6.45, 7) is 10.6. The first-order valence-electron chi connectivity index (χ1n) is 10.3. The molecule has 2 heterocycles. The highest BCUT2D eigenvalue weighted by Gasteiger charge is 2.35. The summed E-state index contributed by atoms with van der Waals surface area (Å²) in [5.74, 6) is -0.230. The van der Waals surface area contributed by atoms with Gasteiger partial charge in [-0.1, -0.05) is 35.9 Å². The summed E-state index contributed by atoms with van der Waals surface area (Å²) in [5, 5.41) is -0.222. The molecule has 2 aromatic carbocycles. The Morgan fingerprint density at radius 3 is 2.26 bits per heavy atom. The third kappa shape index (κ3) is 4.10. The molecule has 1 aliphatic heterocycles. The number of aromatic nitrogens is 1. The predicted molar refractivity (Wildman–Crippen MR) is 127 cm³/mol.